The van der Waals surface area contributed by atoms with Crippen LogP contribution in [0.25, 0.3) is 0 Å². The normalized spacial score (nSPS) is 20.5. The van der Waals surface area contributed by atoms with Gasteiger partial charge in [0, 0.05) is 12.6 Å². The predicted molar refractivity (Wildman–Crippen MR) is 76.7 cm³/mol. The molecule has 0 aromatic rings. The smallest absolute Gasteiger partial charge is 0.232 e. The number of rotatable bonds is 8. The number of piperidine rings is 1. The molecule has 1 heterocycles. The fraction of sp³-hybridized carbons (Fsp3) is 0.917. The van der Waals surface area contributed by atoms with E-state index in [2.05, 4.69) is 5.32 Å². The Morgan fingerprint density at radius 2 is 2.20 bits per heavy atom. The van der Waals surface area contributed by atoms with Crippen LogP contribution in [0.5, 0.6) is 0 Å². The summed E-state index contributed by atoms with van der Waals surface area (Å²) < 4.78 is 31.2. The molecule has 0 saturated carbocycles. The van der Waals surface area contributed by atoms with Crippen LogP contribution >= 0.6 is 0 Å². The third-order valence-electron chi connectivity index (χ3n) is 3.14. The molecule has 0 aromatic carbocycles. The van der Waals surface area contributed by atoms with Gasteiger partial charge in [-0.05, 0) is 33.2 Å². The molecule has 0 aliphatic carbocycles. The van der Waals surface area contributed by atoms with E-state index < -0.39 is 15.9 Å². The van der Waals surface area contributed by atoms with Gasteiger partial charge in [0.2, 0.25) is 15.9 Å². The topological polar surface area (TPSA) is 102 Å². The van der Waals surface area contributed by atoms with Crippen LogP contribution in [0.1, 0.15) is 26.7 Å². The van der Waals surface area contributed by atoms with E-state index >= 15 is 0 Å². The second-order valence-electron chi connectivity index (χ2n) is 5.25. The minimum atomic E-state index is -3.55. The summed E-state index contributed by atoms with van der Waals surface area (Å²) in [4.78, 5) is 11.1. The first kappa shape index (κ1) is 17.4. The van der Waals surface area contributed by atoms with Crippen molar-refractivity contribution in [3.05, 3.63) is 0 Å². The largest absolute Gasteiger partial charge is 0.378 e. The number of amides is 1. The molecular formula is C12H25N3O4S. The Morgan fingerprint density at radius 1 is 1.50 bits per heavy atom. The number of nitrogens with one attached hydrogen (secondary N) is 1. The van der Waals surface area contributed by atoms with Crippen molar-refractivity contribution < 1.29 is 17.9 Å². The van der Waals surface area contributed by atoms with Crippen LogP contribution in [0.15, 0.2) is 0 Å². The molecular weight excluding hydrogens is 282 g/mol. The Hall–Kier alpha value is -0.700. The summed E-state index contributed by atoms with van der Waals surface area (Å²) in [7, 11) is -3.55. The van der Waals surface area contributed by atoms with Crippen molar-refractivity contribution in [2.45, 2.75) is 38.8 Å². The summed E-state index contributed by atoms with van der Waals surface area (Å²) in [6.07, 6.45) is 1.61. The monoisotopic (exact) mass is 307 g/mol. The summed E-state index contributed by atoms with van der Waals surface area (Å²) in [5.41, 5.74) is 5.18. The molecule has 7 nitrogen and oxygen atoms in total. The quantitative estimate of drug-likeness (QED) is 0.616. The molecule has 1 atom stereocenters. The summed E-state index contributed by atoms with van der Waals surface area (Å²) >= 11 is 0. The molecule has 0 spiro atoms. The Balaban J connectivity index is 2.71. The second-order valence-corrected chi connectivity index (χ2v) is 7.29. The molecule has 0 radical (unpaired) electrons. The van der Waals surface area contributed by atoms with Gasteiger partial charge in [-0.3, -0.25) is 4.79 Å². The molecule has 1 saturated heterocycles. The summed E-state index contributed by atoms with van der Waals surface area (Å²) in [5.74, 6) is -0.765. The van der Waals surface area contributed by atoms with Gasteiger partial charge in [-0.2, -0.15) is 4.31 Å². The highest BCUT2D eigenvalue weighted by Crippen LogP contribution is 2.15. The highest BCUT2D eigenvalue weighted by Gasteiger charge is 2.31. The first-order valence-corrected chi connectivity index (χ1v) is 8.54. The van der Waals surface area contributed by atoms with Gasteiger partial charge < -0.3 is 15.8 Å². The molecule has 3 N–H and O–H groups in total. The second kappa shape index (κ2) is 7.92. The molecule has 0 aromatic heterocycles. The molecule has 118 valence electrons. The van der Waals surface area contributed by atoms with E-state index in [1.54, 1.807) is 0 Å². The average molecular weight is 307 g/mol. The lowest BCUT2D eigenvalue weighted by molar-refractivity contribution is -0.118. The number of sulfonamides is 1. The van der Waals surface area contributed by atoms with Crippen molar-refractivity contribution in [2.24, 2.45) is 5.73 Å². The van der Waals surface area contributed by atoms with Crippen LogP contribution in [0.4, 0.5) is 0 Å². The third-order valence-corrected chi connectivity index (χ3v) is 4.96. The Bertz CT molecular complexity index is 405. The van der Waals surface area contributed by atoms with Gasteiger partial charge in [-0.25, -0.2) is 8.42 Å². The van der Waals surface area contributed by atoms with Crippen molar-refractivity contribution in [3.8, 4) is 0 Å². The highest BCUT2D eigenvalue weighted by atomic mass is 32.2. The summed E-state index contributed by atoms with van der Waals surface area (Å²) in [6.45, 7) is 4.97. The molecule has 20 heavy (non-hydrogen) atoms. The van der Waals surface area contributed by atoms with Gasteiger partial charge >= 0.3 is 0 Å². The van der Waals surface area contributed by atoms with Crippen LogP contribution in [0.3, 0.4) is 0 Å². The van der Waals surface area contributed by atoms with Crippen molar-refractivity contribution in [3.63, 3.8) is 0 Å². The number of hydrogen-bond donors (Lipinski definition) is 2. The van der Waals surface area contributed by atoms with E-state index in [9.17, 15) is 13.2 Å². The van der Waals surface area contributed by atoms with E-state index in [1.807, 2.05) is 13.8 Å². The van der Waals surface area contributed by atoms with Gasteiger partial charge in [0.25, 0.3) is 0 Å². The van der Waals surface area contributed by atoms with E-state index in [-0.39, 0.29) is 31.1 Å². The molecule has 1 unspecified atom stereocenters. The molecule has 1 rings (SSSR count). The highest BCUT2D eigenvalue weighted by molar-refractivity contribution is 7.89. The number of primary amides is 1. The number of ether oxygens (including phenoxy) is 1. The van der Waals surface area contributed by atoms with Crippen molar-refractivity contribution in [1.29, 1.82) is 0 Å². The Kier molecular flexibility index (Phi) is 6.87. The minimum absolute atomic E-state index is 0.0221. The maximum Gasteiger partial charge on any atom is 0.232 e. The van der Waals surface area contributed by atoms with Gasteiger partial charge in [-0.15, -0.1) is 0 Å². The molecule has 0 bridgehead atoms. The van der Waals surface area contributed by atoms with Gasteiger partial charge in [0.05, 0.1) is 25.0 Å². The van der Waals surface area contributed by atoms with Crippen molar-refractivity contribution >= 4 is 15.9 Å². The molecule has 1 fully saturated rings. The molecule has 1 aliphatic rings. The summed E-state index contributed by atoms with van der Waals surface area (Å²) in [6, 6.07) is -0.208. The fourth-order valence-corrected chi connectivity index (χ4v) is 3.69. The zero-order valence-electron chi connectivity index (χ0n) is 12.2. The van der Waals surface area contributed by atoms with Crippen LogP contribution in [-0.2, 0) is 19.6 Å². The summed E-state index contributed by atoms with van der Waals surface area (Å²) in [5, 5.41) is 3.15. The fourth-order valence-electron chi connectivity index (χ4n) is 2.19. The van der Waals surface area contributed by atoms with Crippen LogP contribution in [0.2, 0.25) is 0 Å². The first-order chi connectivity index (χ1) is 9.33. The first-order valence-electron chi connectivity index (χ1n) is 6.93. The number of nitrogens with zero attached hydrogens (tertiary/aromatic N) is 1. The average Bonchev–Trinajstić information content (AvgIpc) is 2.36. The lowest BCUT2D eigenvalue weighted by Crippen LogP contribution is -2.52. The van der Waals surface area contributed by atoms with Gasteiger partial charge in [0.1, 0.15) is 0 Å². The standard InChI is InChI=1S/C12H25N3O4S/c1-10(2)19-6-7-20(17,18)15(9-12(13)16)11-4-3-5-14-8-11/h10-11,14H,3-9H2,1-2H3,(H2,13,16). The van der Waals surface area contributed by atoms with Crippen LogP contribution < -0.4 is 11.1 Å². The van der Waals surface area contributed by atoms with Crippen molar-refractivity contribution in [1.82, 2.24) is 9.62 Å². The molecule has 8 heteroatoms. The number of nitrogens with two attached hydrogens (primary N) is 1. The number of carbonyl (C=O) groups is 1. The minimum Gasteiger partial charge on any atom is -0.378 e. The van der Waals surface area contributed by atoms with Gasteiger partial charge in [0.15, 0.2) is 0 Å². The Morgan fingerprint density at radius 3 is 2.70 bits per heavy atom. The van der Waals surface area contributed by atoms with Crippen molar-refractivity contribution in [2.75, 3.05) is 32.0 Å². The van der Waals surface area contributed by atoms with E-state index in [0.29, 0.717) is 6.54 Å². The zero-order valence-corrected chi connectivity index (χ0v) is 13.0. The molecule has 1 aliphatic heterocycles. The molecule has 1 amide bonds. The van der Waals surface area contributed by atoms with E-state index in [4.69, 9.17) is 10.5 Å². The number of carbonyl (C=O) groups excluding carboxylic acids is 1. The zero-order chi connectivity index (χ0) is 15.2. The third kappa shape index (κ3) is 5.74. The lowest BCUT2D eigenvalue weighted by Gasteiger charge is -2.33. The maximum atomic E-state index is 12.4. The lowest BCUT2D eigenvalue weighted by atomic mass is 10.1. The predicted octanol–water partition coefficient (Wildman–Crippen LogP) is -0.719. The number of hydrogen-bond acceptors (Lipinski definition) is 5. The van der Waals surface area contributed by atoms with Crippen LogP contribution in [-0.4, -0.2) is 62.8 Å². The van der Waals surface area contributed by atoms with E-state index in [0.717, 1.165) is 19.4 Å². The Labute approximate surface area is 120 Å². The van der Waals surface area contributed by atoms with Gasteiger partial charge in [-0.1, -0.05) is 0 Å². The van der Waals surface area contributed by atoms with E-state index in [1.165, 1.54) is 4.31 Å². The maximum absolute atomic E-state index is 12.4. The SMILES string of the molecule is CC(C)OCCS(=O)(=O)N(CC(N)=O)C1CCCNC1. The van der Waals surface area contributed by atoms with Crippen LogP contribution in [0, 0.1) is 0 Å².